The van der Waals surface area contributed by atoms with Gasteiger partial charge in [0.15, 0.2) is 6.61 Å². The van der Waals surface area contributed by atoms with E-state index in [-0.39, 0.29) is 28.3 Å². The number of halogens is 1. The third-order valence-corrected chi connectivity index (χ3v) is 5.32. The van der Waals surface area contributed by atoms with Gasteiger partial charge in [0.05, 0.1) is 9.92 Å². The van der Waals surface area contributed by atoms with E-state index in [2.05, 4.69) is 4.72 Å². The van der Waals surface area contributed by atoms with Gasteiger partial charge in [-0.3, -0.25) is 4.79 Å². The summed E-state index contributed by atoms with van der Waals surface area (Å²) >= 11 is 5.99. The zero-order chi connectivity index (χ0) is 16.2. The summed E-state index contributed by atoms with van der Waals surface area (Å²) in [5.74, 6) is -0.413. The van der Waals surface area contributed by atoms with Gasteiger partial charge in [-0.1, -0.05) is 30.9 Å². The number of nitrogens with two attached hydrogens (primary N) is 1. The number of nitrogens with one attached hydrogen (secondary N) is 1. The van der Waals surface area contributed by atoms with Crippen LogP contribution in [0.1, 0.15) is 32.1 Å². The Hall–Kier alpha value is -1.31. The average Bonchev–Trinajstić information content (AvgIpc) is 2.46. The van der Waals surface area contributed by atoms with Crippen LogP contribution in [0.3, 0.4) is 0 Å². The fourth-order valence-electron chi connectivity index (χ4n) is 2.42. The smallest absolute Gasteiger partial charge is 0.255 e. The van der Waals surface area contributed by atoms with Crippen LogP contribution in [0.5, 0.6) is 5.75 Å². The van der Waals surface area contributed by atoms with Gasteiger partial charge < -0.3 is 10.5 Å². The standard InChI is InChI=1S/C14H19ClN2O4S/c15-12-8-11(6-7-13(12)21-9-14(16)18)22(19,20)17-10-4-2-1-3-5-10/h6-8,10,17H,1-5,9H2,(H2,16,18). The molecular formula is C14H19ClN2O4S. The minimum absolute atomic E-state index is 0.0247. The number of carbonyl (C=O) groups is 1. The number of rotatable bonds is 6. The fourth-order valence-corrected chi connectivity index (χ4v) is 4.05. The van der Waals surface area contributed by atoms with Gasteiger partial charge in [0.2, 0.25) is 10.0 Å². The minimum Gasteiger partial charge on any atom is -0.482 e. The molecule has 2 rings (SSSR count). The molecule has 0 bridgehead atoms. The number of benzene rings is 1. The molecule has 0 spiro atoms. The predicted molar refractivity (Wildman–Crippen MR) is 83.3 cm³/mol. The molecule has 1 saturated carbocycles. The summed E-state index contributed by atoms with van der Waals surface area (Å²) in [7, 11) is -3.61. The van der Waals surface area contributed by atoms with Crippen molar-refractivity contribution in [3.8, 4) is 5.75 Å². The molecule has 3 N–H and O–H groups in total. The summed E-state index contributed by atoms with van der Waals surface area (Å²) in [5.41, 5.74) is 4.98. The zero-order valence-corrected chi connectivity index (χ0v) is 13.6. The zero-order valence-electron chi connectivity index (χ0n) is 12.0. The molecule has 0 aliphatic heterocycles. The van der Waals surface area contributed by atoms with Crippen LogP contribution in [0.4, 0.5) is 0 Å². The van der Waals surface area contributed by atoms with Gasteiger partial charge in [-0.15, -0.1) is 0 Å². The van der Waals surface area contributed by atoms with Gasteiger partial charge in [-0.05, 0) is 31.0 Å². The van der Waals surface area contributed by atoms with Crippen molar-refractivity contribution in [3.05, 3.63) is 23.2 Å². The Kier molecular flexibility index (Phi) is 5.66. The topological polar surface area (TPSA) is 98.5 Å². The first-order valence-electron chi connectivity index (χ1n) is 7.11. The minimum atomic E-state index is -3.61. The highest BCUT2D eigenvalue weighted by atomic mass is 35.5. The fraction of sp³-hybridized carbons (Fsp3) is 0.500. The van der Waals surface area contributed by atoms with E-state index < -0.39 is 15.9 Å². The second-order valence-electron chi connectivity index (χ2n) is 5.30. The lowest BCUT2D eigenvalue weighted by Gasteiger charge is -2.22. The quantitative estimate of drug-likeness (QED) is 0.820. The Labute approximate surface area is 135 Å². The molecule has 0 radical (unpaired) electrons. The molecular weight excluding hydrogens is 328 g/mol. The first-order valence-corrected chi connectivity index (χ1v) is 8.97. The van der Waals surface area contributed by atoms with Gasteiger partial charge in [0.25, 0.3) is 5.91 Å². The summed E-state index contributed by atoms with van der Waals surface area (Å²) in [6, 6.07) is 4.10. The van der Waals surface area contributed by atoms with Crippen LogP contribution in [0.25, 0.3) is 0 Å². The van der Waals surface area contributed by atoms with Crippen molar-refractivity contribution in [2.24, 2.45) is 5.73 Å². The highest BCUT2D eigenvalue weighted by Crippen LogP contribution is 2.28. The molecule has 0 saturated heterocycles. The highest BCUT2D eigenvalue weighted by Gasteiger charge is 2.22. The lowest BCUT2D eigenvalue weighted by Crippen LogP contribution is -2.36. The van der Waals surface area contributed by atoms with Crippen molar-refractivity contribution < 1.29 is 17.9 Å². The number of primary amides is 1. The second kappa shape index (κ2) is 7.30. The van der Waals surface area contributed by atoms with Crippen LogP contribution in [-0.2, 0) is 14.8 Å². The van der Waals surface area contributed by atoms with Crippen LogP contribution in [0.2, 0.25) is 5.02 Å². The van der Waals surface area contributed by atoms with Crippen molar-refractivity contribution in [2.45, 2.75) is 43.0 Å². The van der Waals surface area contributed by atoms with Crippen LogP contribution in [-0.4, -0.2) is 27.0 Å². The van der Waals surface area contributed by atoms with E-state index in [1.165, 1.54) is 18.2 Å². The first kappa shape index (κ1) is 17.1. The maximum Gasteiger partial charge on any atom is 0.255 e. The van der Waals surface area contributed by atoms with Crippen LogP contribution in [0, 0.1) is 0 Å². The molecule has 0 unspecified atom stereocenters. The summed E-state index contributed by atoms with van der Waals surface area (Å²) < 4.78 is 32.5. The largest absolute Gasteiger partial charge is 0.482 e. The van der Waals surface area contributed by atoms with Gasteiger partial charge >= 0.3 is 0 Å². The Bertz CT molecular complexity index is 642. The molecule has 0 aromatic heterocycles. The third kappa shape index (κ3) is 4.59. The SMILES string of the molecule is NC(=O)COc1ccc(S(=O)(=O)NC2CCCCC2)cc1Cl. The van der Waals surface area contributed by atoms with Gasteiger partial charge in [-0.25, -0.2) is 13.1 Å². The van der Waals surface area contributed by atoms with E-state index in [0.29, 0.717) is 0 Å². The lowest BCUT2D eigenvalue weighted by atomic mass is 9.96. The number of carbonyl (C=O) groups excluding carboxylic acids is 1. The summed E-state index contributed by atoms with van der Waals surface area (Å²) in [6.07, 6.45) is 4.93. The number of hydrogen-bond donors (Lipinski definition) is 2. The molecule has 0 atom stereocenters. The first-order chi connectivity index (χ1) is 10.4. The second-order valence-corrected chi connectivity index (χ2v) is 7.42. The van der Waals surface area contributed by atoms with Crippen molar-refractivity contribution in [1.29, 1.82) is 0 Å². The summed E-state index contributed by atoms with van der Waals surface area (Å²) in [4.78, 5) is 10.8. The van der Waals surface area contributed by atoms with E-state index in [4.69, 9.17) is 22.1 Å². The van der Waals surface area contributed by atoms with E-state index in [9.17, 15) is 13.2 Å². The number of ether oxygens (including phenoxy) is 1. The Morgan fingerprint density at radius 3 is 2.59 bits per heavy atom. The van der Waals surface area contributed by atoms with Crippen LogP contribution in [0.15, 0.2) is 23.1 Å². The van der Waals surface area contributed by atoms with E-state index in [1.807, 2.05) is 0 Å². The molecule has 1 amide bonds. The Morgan fingerprint density at radius 1 is 1.32 bits per heavy atom. The van der Waals surface area contributed by atoms with Gasteiger partial charge in [0.1, 0.15) is 5.75 Å². The Morgan fingerprint density at radius 2 is 2.00 bits per heavy atom. The normalized spacial score (nSPS) is 16.4. The number of sulfonamides is 1. The maximum absolute atomic E-state index is 12.3. The summed E-state index contributed by atoms with van der Waals surface area (Å²) in [5, 5.41) is 0.118. The molecule has 1 aromatic carbocycles. The molecule has 1 fully saturated rings. The van der Waals surface area contributed by atoms with Gasteiger partial charge in [0, 0.05) is 6.04 Å². The average molecular weight is 347 g/mol. The Balaban J connectivity index is 2.10. The maximum atomic E-state index is 12.3. The summed E-state index contributed by atoms with van der Waals surface area (Å²) in [6.45, 7) is -0.313. The molecule has 1 aromatic rings. The molecule has 122 valence electrons. The monoisotopic (exact) mass is 346 g/mol. The predicted octanol–water partition coefficient (Wildman–Crippen LogP) is 1.82. The molecule has 6 nitrogen and oxygen atoms in total. The molecule has 22 heavy (non-hydrogen) atoms. The van der Waals surface area contributed by atoms with E-state index >= 15 is 0 Å². The lowest BCUT2D eigenvalue weighted by molar-refractivity contribution is -0.119. The van der Waals surface area contributed by atoms with E-state index in [0.717, 1.165) is 32.1 Å². The van der Waals surface area contributed by atoms with Crippen LogP contribution >= 0.6 is 11.6 Å². The number of amides is 1. The highest BCUT2D eigenvalue weighted by molar-refractivity contribution is 7.89. The van der Waals surface area contributed by atoms with Crippen molar-refractivity contribution in [2.75, 3.05) is 6.61 Å². The van der Waals surface area contributed by atoms with Crippen LogP contribution < -0.4 is 15.2 Å². The van der Waals surface area contributed by atoms with Crippen molar-refractivity contribution in [1.82, 2.24) is 4.72 Å². The molecule has 8 heteroatoms. The van der Waals surface area contributed by atoms with Crippen molar-refractivity contribution in [3.63, 3.8) is 0 Å². The van der Waals surface area contributed by atoms with Crippen molar-refractivity contribution >= 4 is 27.5 Å². The molecule has 0 heterocycles. The van der Waals surface area contributed by atoms with Gasteiger partial charge in [-0.2, -0.15) is 0 Å². The molecule has 1 aliphatic rings. The number of hydrogen-bond acceptors (Lipinski definition) is 4. The third-order valence-electron chi connectivity index (χ3n) is 3.51. The van der Waals surface area contributed by atoms with E-state index in [1.54, 1.807) is 0 Å². The molecule has 1 aliphatic carbocycles.